The minimum absolute atomic E-state index is 0.169. The highest BCUT2D eigenvalue weighted by molar-refractivity contribution is 5.40. The highest BCUT2D eigenvalue weighted by atomic mass is 16.5. The van der Waals surface area contributed by atoms with Crippen molar-refractivity contribution in [3.05, 3.63) is 29.3 Å². The zero-order chi connectivity index (χ0) is 14.2. The molecule has 0 amide bonds. The van der Waals surface area contributed by atoms with Gasteiger partial charge in [-0.25, -0.2) is 0 Å². The van der Waals surface area contributed by atoms with E-state index in [4.69, 9.17) is 10.5 Å². The highest BCUT2D eigenvalue weighted by Gasteiger charge is 2.39. The maximum atomic E-state index is 6.18. The number of hydrogen-bond donors (Lipinski definition) is 1. The van der Waals surface area contributed by atoms with Crippen molar-refractivity contribution >= 4 is 0 Å². The summed E-state index contributed by atoms with van der Waals surface area (Å²) in [5.41, 5.74) is 8.95. The summed E-state index contributed by atoms with van der Waals surface area (Å²) in [5.74, 6) is 0.969. The van der Waals surface area contributed by atoms with Crippen molar-refractivity contribution in [1.29, 1.82) is 0 Å². The number of aryl methyl sites for hydroxylation is 1. The minimum Gasteiger partial charge on any atom is -0.496 e. The van der Waals surface area contributed by atoms with Gasteiger partial charge in [0.2, 0.25) is 0 Å². The smallest absolute Gasteiger partial charge is 0.121 e. The van der Waals surface area contributed by atoms with Crippen LogP contribution in [0.3, 0.4) is 0 Å². The normalized spacial score (nSPS) is 22.8. The molecule has 0 radical (unpaired) electrons. The van der Waals surface area contributed by atoms with Crippen molar-refractivity contribution in [1.82, 2.24) is 4.90 Å². The van der Waals surface area contributed by atoms with Gasteiger partial charge in [-0.05, 0) is 62.9 Å². The first-order valence-electron chi connectivity index (χ1n) is 7.78. The molecular formula is C17H26N2O. The van der Waals surface area contributed by atoms with E-state index >= 15 is 0 Å². The van der Waals surface area contributed by atoms with Gasteiger partial charge in [-0.15, -0.1) is 0 Å². The van der Waals surface area contributed by atoms with Crippen LogP contribution in [-0.2, 0) is 5.41 Å². The molecule has 1 aromatic carbocycles. The van der Waals surface area contributed by atoms with E-state index in [0.29, 0.717) is 0 Å². The van der Waals surface area contributed by atoms with E-state index in [9.17, 15) is 0 Å². The number of methoxy groups -OCH3 is 1. The molecule has 0 atom stereocenters. The number of piperidine rings is 1. The van der Waals surface area contributed by atoms with Gasteiger partial charge in [0, 0.05) is 18.0 Å². The van der Waals surface area contributed by atoms with Crippen LogP contribution in [0.5, 0.6) is 5.75 Å². The van der Waals surface area contributed by atoms with Crippen LogP contribution in [0, 0.1) is 6.92 Å². The van der Waals surface area contributed by atoms with E-state index in [2.05, 4.69) is 30.0 Å². The summed E-state index contributed by atoms with van der Waals surface area (Å²) >= 11 is 0. The second kappa shape index (κ2) is 5.38. The molecule has 110 valence electrons. The van der Waals surface area contributed by atoms with E-state index in [1.54, 1.807) is 7.11 Å². The molecule has 1 aliphatic carbocycles. The molecule has 0 unspecified atom stereocenters. The van der Waals surface area contributed by atoms with Crippen molar-refractivity contribution in [2.24, 2.45) is 5.73 Å². The Kier molecular flexibility index (Phi) is 3.74. The third kappa shape index (κ3) is 2.45. The molecule has 2 fully saturated rings. The maximum absolute atomic E-state index is 6.18. The summed E-state index contributed by atoms with van der Waals surface area (Å²) < 4.78 is 5.37. The average Bonchev–Trinajstić information content (AvgIpc) is 3.32. The lowest BCUT2D eigenvalue weighted by molar-refractivity contribution is 0.155. The highest BCUT2D eigenvalue weighted by Crippen LogP contribution is 2.39. The lowest BCUT2D eigenvalue weighted by atomic mass is 9.72. The Morgan fingerprint density at radius 2 is 2.00 bits per heavy atom. The molecule has 2 aliphatic rings. The third-order valence-corrected chi connectivity index (χ3v) is 5.22. The first kappa shape index (κ1) is 13.9. The molecule has 1 heterocycles. The van der Waals surface area contributed by atoms with Gasteiger partial charge >= 0.3 is 0 Å². The predicted octanol–water partition coefficient (Wildman–Crippen LogP) is 2.46. The largest absolute Gasteiger partial charge is 0.496 e. The molecule has 1 saturated carbocycles. The summed E-state index contributed by atoms with van der Waals surface area (Å²) in [6, 6.07) is 7.46. The Morgan fingerprint density at radius 1 is 1.30 bits per heavy atom. The SMILES string of the molecule is COc1ccc(C2(CN)CCN(C3CC3)CC2)cc1C. The van der Waals surface area contributed by atoms with Crippen LogP contribution < -0.4 is 10.5 Å². The third-order valence-electron chi connectivity index (χ3n) is 5.22. The summed E-state index contributed by atoms with van der Waals surface area (Å²) in [6.07, 6.45) is 5.17. The second-order valence-electron chi connectivity index (χ2n) is 6.44. The number of ether oxygens (including phenoxy) is 1. The van der Waals surface area contributed by atoms with E-state index in [1.807, 2.05) is 0 Å². The quantitative estimate of drug-likeness (QED) is 0.916. The topological polar surface area (TPSA) is 38.5 Å². The Hall–Kier alpha value is -1.06. The minimum atomic E-state index is 0.169. The van der Waals surface area contributed by atoms with E-state index in [-0.39, 0.29) is 5.41 Å². The number of rotatable bonds is 4. The van der Waals surface area contributed by atoms with Crippen molar-refractivity contribution < 1.29 is 4.74 Å². The average molecular weight is 274 g/mol. The van der Waals surface area contributed by atoms with Crippen molar-refractivity contribution in [2.45, 2.75) is 44.1 Å². The number of nitrogens with two attached hydrogens (primary N) is 1. The summed E-state index contributed by atoms with van der Waals surface area (Å²) in [7, 11) is 1.73. The fraction of sp³-hybridized carbons (Fsp3) is 0.647. The number of likely N-dealkylation sites (tertiary alicyclic amines) is 1. The van der Waals surface area contributed by atoms with Crippen LogP contribution in [0.25, 0.3) is 0 Å². The molecule has 1 aliphatic heterocycles. The van der Waals surface area contributed by atoms with Crippen LogP contribution in [0.4, 0.5) is 0 Å². The maximum Gasteiger partial charge on any atom is 0.121 e. The first-order chi connectivity index (χ1) is 9.68. The molecule has 1 saturated heterocycles. The number of nitrogens with zero attached hydrogens (tertiary/aromatic N) is 1. The van der Waals surface area contributed by atoms with E-state index in [0.717, 1.165) is 18.3 Å². The molecule has 3 heteroatoms. The van der Waals surface area contributed by atoms with Gasteiger partial charge in [0.25, 0.3) is 0 Å². The predicted molar refractivity (Wildman–Crippen MR) is 82.3 cm³/mol. The number of hydrogen-bond acceptors (Lipinski definition) is 3. The van der Waals surface area contributed by atoms with Crippen LogP contribution in [0.1, 0.15) is 36.8 Å². The fourth-order valence-electron chi connectivity index (χ4n) is 3.58. The Bertz CT molecular complexity index is 474. The van der Waals surface area contributed by atoms with Crippen LogP contribution in [0.2, 0.25) is 0 Å². The summed E-state index contributed by atoms with van der Waals surface area (Å²) in [4.78, 5) is 2.66. The fourth-order valence-corrected chi connectivity index (χ4v) is 3.58. The van der Waals surface area contributed by atoms with Crippen molar-refractivity contribution in [3.63, 3.8) is 0 Å². The van der Waals surface area contributed by atoms with Gasteiger partial charge < -0.3 is 15.4 Å². The van der Waals surface area contributed by atoms with Gasteiger partial charge in [0.05, 0.1) is 7.11 Å². The molecule has 0 aromatic heterocycles. The monoisotopic (exact) mass is 274 g/mol. The summed E-state index contributed by atoms with van der Waals surface area (Å²) in [5, 5.41) is 0. The second-order valence-corrected chi connectivity index (χ2v) is 6.44. The van der Waals surface area contributed by atoms with Gasteiger partial charge in [-0.1, -0.05) is 12.1 Å². The van der Waals surface area contributed by atoms with Gasteiger partial charge in [0.15, 0.2) is 0 Å². The van der Waals surface area contributed by atoms with Gasteiger partial charge in [0.1, 0.15) is 5.75 Å². The van der Waals surface area contributed by atoms with E-state index in [1.165, 1.54) is 49.9 Å². The van der Waals surface area contributed by atoms with Crippen LogP contribution in [-0.4, -0.2) is 37.7 Å². The Labute approximate surface area is 122 Å². The molecule has 20 heavy (non-hydrogen) atoms. The molecule has 0 spiro atoms. The standard InChI is InChI=1S/C17H26N2O/c1-13-11-14(3-6-16(13)20-2)17(12-18)7-9-19(10-8-17)15-4-5-15/h3,6,11,15H,4-5,7-10,12,18H2,1-2H3. The molecular weight excluding hydrogens is 248 g/mol. The summed E-state index contributed by atoms with van der Waals surface area (Å²) in [6.45, 7) is 5.27. The van der Waals surface area contributed by atoms with Crippen molar-refractivity contribution in [3.8, 4) is 5.75 Å². The lowest BCUT2D eigenvalue weighted by Crippen LogP contribution is -2.47. The van der Waals surface area contributed by atoms with Crippen LogP contribution in [0.15, 0.2) is 18.2 Å². The molecule has 3 rings (SSSR count). The first-order valence-corrected chi connectivity index (χ1v) is 7.78. The van der Waals surface area contributed by atoms with Crippen LogP contribution >= 0.6 is 0 Å². The van der Waals surface area contributed by atoms with E-state index < -0.39 is 0 Å². The zero-order valence-electron chi connectivity index (χ0n) is 12.7. The molecule has 0 bridgehead atoms. The Morgan fingerprint density at radius 3 is 2.50 bits per heavy atom. The Balaban J connectivity index is 1.80. The molecule has 3 nitrogen and oxygen atoms in total. The lowest BCUT2D eigenvalue weighted by Gasteiger charge is -2.42. The van der Waals surface area contributed by atoms with Gasteiger partial charge in [-0.3, -0.25) is 0 Å². The molecule has 2 N–H and O–H groups in total. The van der Waals surface area contributed by atoms with Crippen molar-refractivity contribution in [2.75, 3.05) is 26.7 Å². The van der Waals surface area contributed by atoms with Gasteiger partial charge in [-0.2, -0.15) is 0 Å². The molecule has 1 aromatic rings. The zero-order valence-corrected chi connectivity index (χ0v) is 12.7. The number of benzene rings is 1.